The minimum absolute atomic E-state index is 0.129. The Hall–Kier alpha value is -1.24. The molecule has 1 rings (SSSR count). The van der Waals surface area contributed by atoms with E-state index in [1.165, 1.54) is 5.56 Å². The Bertz CT molecular complexity index is 349. The molecule has 0 spiro atoms. The van der Waals surface area contributed by atoms with Gasteiger partial charge in [-0.25, -0.2) is 0 Å². The average Bonchev–Trinajstić information content (AvgIpc) is 2.15. The van der Waals surface area contributed by atoms with Gasteiger partial charge in [-0.05, 0) is 53.2 Å². The lowest BCUT2D eigenvalue weighted by Gasteiger charge is -2.45. The summed E-state index contributed by atoms with van der Waals surface area (Å²) in [6.45, 7) is 13.5. The van der Waals surface area contributed by atoms with E-state index in [0.29, 0.717) is 0 Å². The maximum Gasteiger partial charge on any atom is 0.0317 e. The van der Waals surface area contributed by atoms with Gasteiger partial charge in [0, 0.05) is 17.3 Å². The molecule has 0 radical (unpaired) electrons. The standard InChI is InChI=1S/C16H25N/c1-15(2,3)17(16(4,5)6)13-12-14-10-8-7-9-11-14/h7-13H,1-6H3. The molecule has 0 aromatic heterocycles. The normalized spacial score (nSPS) is 13.1. The van der Waals surface area contributed by atoms with Gasteiger partial charge in [-0.1, -0.05) is 30.3 Å². The third kappa shape index (κ3) is 4.26. The molecule has 17 heavy (non-hydrogen) atoms. The van der Waals surface area contributed by atoms with Crippen molar-refractivity contribution in [3.05, 3.63) is 42.1 Å². The first-order chi connectivity index (χ1) is 7.71. The molecular weight excluding hydrogens is 206 g/mol. The molecule has 0 N–H and O–H groups in total. The summed E-state index contributed by atoms with van der Waals surface area (Å²) < 4.78 is 0. The van der Waals surface area contributed by atoms with E-state index in [9.17, 15) is 0 Å². The zero-order valence-electron chi connectivity index (χ0n) is 12.0. The molecule has 0 heterocycles. The lowest BCUT2D eigenvalue weighted by Crippen LogP contribution is -2.48. The van der Waals surface area contributed by atoms with Crippen LogP contribution < -0.4 is 0 Å². The van der Waals surface area contributed by atoms with E-state index >= 15 is 0 Å². The molecule has 0 amide bonds. The van der Waals surface area contributed by atoms with Crippen LogP contribution in [0.1, 0.15) is 47.1 Å². The molecule has 0 saturated carbocycles. The third-order valence-corrected chi connectivity index (χ3v) is 2.66. The zero-order chi connectivity index (χ0) is 13.1. The quantitative estimate of drug-likeness (QED) is 0.721. The van der Waals surface area contributed by atoms with Crippen molar-refractivity contribution in [2.45, 2.75) is 52.6 Å². The molecule has 1 aromatic carbocycles. The Labute approximate surface area is 106 Å². The molecular formula is C16H25N. The molecule has 1 heteroatoms. The summed E-state index contributed by atoms with van der Waals surface area (Å²) >= 11 is 0. The fraction of sp³-hybridized carbons (Fsp3) is 0.500. The predicted molar refractivity (Wildman–Crippen MR) is 76.8 cm³/mol. The highest BCUT2D eigenvalue weighted by Crippen LogP contribution is 2.25. The molecule has 0 fully saturated rings. The molecule has 0 unspecified atom stereocenters. The summed E-state index contributed by atoms with van der Waals surface area (Å²) in [6, 6.07) is 10.4. The average molecular weight is 231 g/mol. The first kappa shape index (κ1) is 13.8. The van der Waals surface area contributed by atoms with Crippen LogP contribution in [0.3, 0.4) is 0 Å². The summed E-state index contributed by atoms with van der Waals surface area (Å²) in [5.41, 5.74) is 1.50. The van der Waals surface area contributed by atoms with Crippen LogP contribution in [-0.4, -0.2) is 16.0 Å². The van der Waals surface area contributed by atoms with Gasteiger partial charge in [0.25, 0.3) is 0 Å². The van der Waals surface area contributed by atoms with E-state index < -0.39 is 0 Å². The van der Waals surface area contributed by atoms with Gasteiger partial charge < -0.3 is 4.90 Å². The smallest absolute Gasteiger partial charge is 0.0317 e. The molecule has 0 aliphatic carbocycles. The van der Waals surface area contributed by atoms with Crippen LogP contribution in [-0.2, 0) is 0 Å². The van der Waals surface area contributed by atoms with E-state index in [1.54, 1.807) is 0 Å². The van der Waals surface area contributed by atoms with Crippen LogP contribution in [0.25, 0.3) is 6.08 Å². The van der Waals surface area contributed by atoms with Gasteiger partial charge in [0.1, 0.15) is 0 Å². The maximum atomic E-state index is 2.40. The Morgan fingerprint density at radius 1 is 0.824 bits per heavy atom. The minimum Gasteiger partial charge on any atom is -0.368 e. The zero-order valence-corrected chi connectivity index (χ0v) is 12.0. The largest absolute Gasteiger partial charge is 0.368 e. The Kier molecular flexibility index (Phi) is 4.03. The summed E-state index contributed by atoms with van der Waals surface area (Å²) in [5, 5.41) is 0. The molecule has 94 valence electrons. The predicted octanol–water partition coefficient (Wildman–Crippen LogP) is 4.56. The van der Waals surface area contributed by atoms with E-state index in [2.05, 4.69) is 83.0 Å². The van der Waals surface area contributed by atoms with Crippen LogP contribution in [0.4, 0.5) is 0 Å². The first-order valence-electron chi connectivity index (χ1n) is 6.24. The van der Waals surface area contributed by atoms with E-state index in [1.807, 2.05) is 6.07 Å². The second-order valence-electron chi connectivity index (χ2n) is 6.44. The first-order valence-corrected chi connectivity index (χ1v) is 6.24. The number of nitrogens with zero attached hydrogens (tertiary/aromatic N) is 1. The second-order valence-corrected chi connectivity index (χ2v) is 6.44. The summed E-state index contributed by atoms with van der Waals surface area (Å²) in [4.78, 5) is 2.40. The van der Waals surface area contributed by atoms with Crippen molar-refractivity contribution in [1.29, 1.82) is 0 Å². The summed E-state index contributed by atoms with van der Waals surface area (Å²) in [7, 11) is 0. The highest BCUT2D eigenvalue weighted by Gasteiger charge is 2.28. The van der Waals surface area contributed by atoms with Gasteiger partial charge in [-0.15, -0.1) is 0 Å². The van der Waals surface area contributed by atoms with E-state index in [0.717, 1.165) is 0 Å². The fourth-order valence-corrected chi connectivity index (χ4v) is 2.18. The SMILES string of the molecule is CC(C)(C)N(C=Cc1ccccc1)C(C)(C)C. The molecule has 1 nitrogen and oxygen atoms in total. The number of rotatable bonds is 2. The van der Waals surface area contributed by atoms with Gasteiger partial charge in [0.15, 0.2) is 0 Å². The minimum atomic E-state index is 0.129. The second kappa shape index (κ2) is 4.95. The highest BCUT2D eigenvalue weighted by atomic mass is 15.2. The van der Waals surface area contributed by atoms with E-state index in [4.69, 9.17) is 0 Å². The lowest BCUT2D eigenvalue weighted by molar-refractivity contribution is 0.0972. The van der Waals surface area contributed by atoms with Crippen LogP contribution >= 0.6 is 0 Å². The van der Waals surface area contributed by atoms with Gasteiger partial charge in [-0.3, -0.25) is 0 Å². The lowest BCUT2D eigenvalue weighted by atomic mass is 9.96. The Balaban J connectivity index is 2.92. The molecule has 0 aliphatic heterocycles. The monoisotopic (exact) mass is 231 g/mol. The molecule has 0 bridgehead atoms. The van der Waals surface area contributed by atoms with Crippen LogP contribution in [0.5, 0.6) is 0 Å². The van der Waals surface area contributed by atoms with Gasteiger partial charge >= 0.3 is 0 Å². The number of benzene rings is 1. The molecule has 0 saturated heterocycles. The van der Waals surface area contributed by atoms with Crippen molar-refractivity contribution in [3.8, 4) is 0 Å². The summed E-state index contributed by atoms with van der Waals surface area (Å²) in [6.07, 6.45) is 4.38. The van der Waals surface area contributed by atoms with Crippen molar-refractivity contribution in [3.63, 3.8) is 0 Å². The fourth-order valence-electron chi connectivity index (χ4n) is 2.18. The summed E-state index contributed by atoms with van der Waals surface area (Å²) in [5.74, 6) is 0. The van der Waals surface area contributed by atoms with Crippen LogP contribution in [0.15, 0.2) is 36.5 Å². The Morgan fingerprint density at radius 2 is 1.29 bits per heavy atom. The maximum absolute atomic E-state index is 2.40. The van der Waals surface area contributed by atoms with Crippen LogP contribution in [0.2, 0.25) is 0 Å². The van der Waals surface area contributed by atoms with Crippen molar-refractivity contribution in [2.75, 3.05) is 0 Å². The molecule has 0 aliphatic rings. The molecule has 1 aromatic rings. The van der Waals surface area contributed by atoms with Crippen molar-refractivity contribution in [1.82, 2.24) is 4.90 Å². The third-order valence-electron chi connectivity index (χ3n) is 2.66. The highest BCUT2D eigenvalue weighted by molar-refractivity contribution is 5.48. The van der Waals surface area contributed by atoms with Gasteiger partial charge in [-0.2, -0.15) is 0 Å². The molecule has 0 atom stereocenters. The Morgan fingerprint density at radius 3 is 1.71 bits per heavy atom. The van der Waals surface area contributed by atoms with Gasteiger partial charge in [0.05, 0.1) is 0 Å². The van der Waals surface area contributed by atoms with Crippen LogP contribution in [0, 0.1) is 0 Å². The topological polar surface area (TPSA) is 3.24 Å². The van der Waals surface area contributed by atoms with E-state index in [-0.39, 0.29) is 11.1 Å². The van der Waals surface area contributed by atoms with Crippen molar-refractivity contribution in [2.24, 2.45) is 0 Å². The van der Waals surface area contributed by atoms with Gasteiger partial charge in [0.2, 0.25) is 0 Å². The number of hydrogen-bond donors (Lipinski definition) is 0. The van der Waals surface area contributed by atoms with Crippen molar-refractivity contribution < 1.29 is 0 Å². The number of hydrogen-bond acceptors (Lipinski definition) is 1. The van der Waals surface area contributed by atoms with Crippen molar-refractivity contribution >= 4 is 6.08 Å².